The summed E-state index contributed by atoms with van der Waals surface area (Å²) in [7, 11) is 0. The van der Waals surface area contributed by atoms with E-state index in [-0.39, 0.29) is 5.41 Å². The van der Waals surface area contributed by atoms with Crippen molar-refractivity contribution in [3.05, 3.63) is 88.6 Å². The van der Waals surface area contributed by atoms with E-state index in [0.717, 1.165) is 17.6 Å². The molecule has 3 heteroatoms. The van der Waals surface area contributed by atoms with E-state index in [1.54, 1.807) is 11.3 Å². The summed E-state index contributed by atoms with van der Waals surface area (Å²) in [5, 5.41) is 6.11. The highest BCUT2D eigenvalue weighted by molar-refractivity contribution is 7.19. The highest BCUT2D eigenvalue weighted by Gasteiger charge is 2.19. The van der Waals surface area contributed by atoms with Crippen molar-refractivity contribution in [2.24, 2.45) is 5.92 Å². The SMILES string of the molecule is CC(C)Cc1cc2ccc(-c3cc(-c4cc(C(C)(C)C)c5ccccc5c4)nc4ccsc34)cc2s1. The molecule has 0 saturated heterocycles. The molecule has 1 nitrogen and oxygen atoms in total. The normalized spacial score (nSPS) is 12.4. The minimum absolute atomic E-state index is 0.0445. The van der Waals surface area contributed by atoms with Gasteiger partial charge in [-0.1, -0.05) is 71.0 Å². The first-order valence-corrected chi connectivity index (χ1v) is 14.4. The quantitative estimate of drug-likeness (QED) is 0.232. The Hall–Kier alpha value is -3.01. The van der Waals surface area contributed by atoms with Gasteiger partial charge in [0.25, 0.3) is 0 Å². The molecule has 36 heavy (non-hydrogen) atoms. The molecule has 0 aliphatic carbocycles. The van der Waals surface area contributed by atoms with Gasteiger partial charge in [-0.2, -0.15) is 0 Å². The summed E-state index contributed by atoms with van der Waals surface area (Å²) in [5.41, 5.74) is 7.25. The lowest BCUT2D eigenvalue weighted by Crippen LogP contribution is -2.12. The van der Waals surface area contributed by atoms with Crippen LogP contribution in [0.4, 0.5) is 0 Å². The Kier molecular flexibility index (Phi) is 5.74. The number of benzene rings is 3. The topological polar surface area (TPSA) is 12.9 Å². The zero-order chi connectivity index (χ0) is 25.0. The number of aromatic nitrogens is 1. The molecule has 0 unspecified atom stereocenters. The molecule has 3 aromatic heterocycles. The van der Waals surface area contributed by atoms with Crippen molar-refractivity contribution in [2.75, 3.05) is 0 Å². The average Bonchev–Trinajstić information content (AvgIpc) is 3.47. The lowest BCUT2D eigenvalue weighted by atomic mass is 9.82. The molecule has 180 valence electrons. The predicted molar refractivity (Wildman–Crippen MR) is 161 cm³/mol. The first-order valence-electron chi connectivity index (χ1n) is 12.7. The van der Waals surface area contributed by atoms with Gasteiger partial charge in [0, 0.05) is 20.7 Å². The monoisotopic (exact) mass is 505 g/mol. The Labute approximate surface area is 221 Å². The fourth-order valence-corrected chi connectivity index (χ4v) is 7.34. The van der Waals surface area contributed by atoms with Crippen molar-refractivity contribution in [1.82, 2.24) is 4.98 Å². The third kappa shape index (κ3) is 4.25. The third-order valence-corrected chi connectivity index (χ3v) is 8.93. The number of nitrogens with zero attached hydrogens (tertiary/aromatic N) is 1. The fourth-order valence-electron chi connectivity index (χ4n) is 5.15. The van der Waals surface area contributed by atoms with E-state index in [1.807, 2.05) is 11.3 Å². The van der Waals surface area contributed by atoms with Gasteiger partial charge in [0.15, 0.2) is 0 Å². The number of hydrogen-bond donors (Lipinski definition) is 0. The summed E-state index contributed by atoms with van der Waals surface area (Å²) in [6.45, 7) is 11.5. The van der Waals surface area contributed by atoms with Gasteiger partial charge >= 0.3 is 0 Å². The van der Waals surface area contributed by atoms with Crippen LogP contribution < -0.4 is 0 Å². The van der Waals surface area contributed by atoms with Crippen molar-refractivity contribution in [1.29, 1.82) is 0 Å². The van der Waals surface area contributed by atoms with Crippen LogP contribution in [-0.2, 0) is 11.8 Å². The highest BCUT2D eigenvalue weighted by Crippen LogP contribution is 2.40. The Morgan fingerprint density at radius 1 is 0.833 bits per heavy atom. The number of rotatable bonds is 4. The Morgan fingerprint density at radius 3 is 2.47 bits per heavy atom. The zero-order valence-electron chi connectivity index (χ0n) is 21.6. The van der Waals surface area contributed by atoms with Crippen LogP contribution in [0.1, 0.15) is 45.1 Å². The highest BCUT2D eigenvalue weighted by atomic mass is 32.1. The summed E-state index contributed by atoms with van der Waals surface area (Å²) >= 11 is 3.72. The van der Waals surface area contributed by atoms with E-state index >= 15 is 0 Å². The van der Waals surface area contributed by atoms with Gasteiger partial charge in [-0.15, -0.1) is 22.7 Å². The smallest absolute Gasteiger partial charge is 0.0823 e. The van der Waals surface area contributed by atoms with Gasteiger partial charge in [0.05, 0.1) is 15.9 Å². The van der Waals surface area contributed by atoms with Crippen molar-refractivity contribution in [3.63, 3.8) is 0 Å². The maximum Gasteiger partial charge on any atom is 0.0823 e. The molecule has 0 N–H and O–H groups in total. The molecule has 0 aliphatic rings. The van der Waals surface area contributed by atoms with Crippen LogP contribution in [0.25, 0.3) is 53.5 Å². The van der Waals surface area contributed by atoms with E-state index in [1.165, 1.54) is 52.7 Å². The second kappa shape index (κ2) is 8.83. The van der Waals surface area contributed by atoms with E-state index in [0.29, 0.717) is 5.92 Å². The molecule has 0 fully saturated rings. The van der Waals surface area contributed by atoms with Gasteiger partial charge in [0.1, 0.15) is 0 Å². The summed E-state index contributed by atoms with van der Waals surface area (Å²) in [6.07, 6.45) is 1.14. The summed E-state index contributed by atoms with van der Waals surface area (Å²) in [6, 6.07) is 27.2. The van der Waals surface area contributed by atoms with Crippen molar-refractivity contribution in [3.8, 4) is 22.4 Å². The Balaban J connectivity index is 1.54. The van der Waals surface area contributed by atoms with E-state index in [4.69, 9.17) is 4.98 Å². The maximum atomic E-state index is 5.13. The van der Waals surface area contributed by atoms with Gasteiger partial charge in [-0.25, -0.2) is 4.98 Å². The lowest BCUT2D eigenvalue weighted by Gasteiger charge is -2.23. The molecular formula is C33H31NS2. The van der Waals surface area contributed by atoms with Gasteiger partial charge in [-0.3, -0.25) is 0 Å². The largest absolute Gasteiger partial charge is 0.247 e. The molecular weight excluding hydrogens is 475 g/mol. The second-order valence-corrected chi connectivity index (χ2v) is 13.3. The van der Waals surface area contributed by atoms with Crippen LogP contribution in [0.15, 0.2) is 78.2 Å². The molecule has 3 heterocycles. The molecule has 6 aromatic rings. The van der Waals surface area contributed by atoms with Crippen molar-refractivity contribution in [2.45, 2.75) is 46.5 Å². The standard InChI is InChI=1S/C33H31NS2/c1-20(2)14-25-16-23-11-10-22(18-31(23)36-25)27-19-30(34-29-12-13-35-32(27)29)24-15-21-8-6-7-9-26(21)28(17-24)33(3,4)5/h6-13,15-20H,14H2,1-5H3. The number of thiophene rings is 2. The van der Waals surface area contributed by atoms with Crippen molar-refractivity contribution < 1.29 is 0 Å². The number of hydrogen-bond acceptors (Lipinski definition) is 3. The van der Waals surface area contributed by atoms with Gasteiger partial charge < -0.3 is 0 Å². The average molecular weight is 506 g/mol. The summed E-state index contributed by atoms with van der Waals surface area (Å²) in [5.74, 6) is 0.672. The first-order chi connectivity index (χ1) is 17.3. The number of fused-ring (bicyclic) bond motifs is 3. The fraction of sp³-hybridized carbons (Fsp3) is 0.242. The maximum absolute atomic E-state index is 5.13. The molecule has 6 rings (SSSR count). The van der Waals surface area contributed by atoms with Gasteiger partial charge in [0.2, 0.25) is 0 Å². The van der Waals surface area contributed by atoms with Crippen molar-refractivity contribution >= 4 is 53.7 Å². The van der Waals surface area contributed by atoms with E-state index in [2.05, 4.69) is 113 Å². The molecule has 3 aromatic carbocycles. The van der Waals surface area contributed by atoms with E-state index in [9.17, 15) is 0 Å². The van der Waals surface area contributed by atoms with Crippen LogP contribution in [0.3, 0.4) is 0 Å². The van der Waals surface area contributed by atoms with Crippen LogP contribution in [0, 0.1) is 5.92 Å². The van der Waals surface area contributed by atoms with Crippen LogP contribution in [0.2, 0.25) is 0 Å². The van der Waals surface area contributed by atoms with Crippen LogP contribution >= 0.6 is 22.7 Å². The van der Waals surface area contributed by atoms with Gasteiger partial charge in [-0.05, 0) is 86.8 Å². The summed E-state index contributed by atoms with van der Waals surface area (Å²) < 4.78 is 2.63. The number of pyridine rings is 1. The minimum Gasteiger partial charge on any atom is -0.247 e. The molecule has 0 aliphatic heterocycles. The Morgan fingerprint density at radius 2 is 1.67 bits per heavy atom. The first kappa shape index (κ1) is 23.4. The molecule has 0 spiro atoms. The molecule has 0 atom stereocenters. The minimum atomic E-state index is 0.0445. The van der Waals surface area contributed by atoms with E-state index < -0.39 is 0 Å². The van der Waals surface area contributed by atoms with Crippen LogP contribution in [0.5, 0.6) is 0 Å². The Bertz CT molecular complexity index is 1730. The zero-order valence-corrected chi connectivity index (χ0v) is 23.2. The molecule has 0 bridgehead atoms. The second-order valence-electron chi connectivity index (χ2n) is 11.2. The summed E-state index contributed by atoms with van der Waals surface area (Å²) in [4.78, 5) is 6.61. The molecule has 0 amide bonds. The van der Waals surface area contributed by atoms with Crippen LogP contribution in [-0.4, -0.2) is 4.98 Å². The molecule has 0 saturated carbocycles. The lowest BCUT2D eigenvalue weighted by molar-refractivity contribution is 0.596. The molecule has 0 radical (unpaired) electrons. The predicted octanol–water partition coefficient (Wildman–Crippen LogP) is 10.5. The third-order valence-electron chi connectivity index (χ3n) is 6.87.